The summed E-state index contributed by atoms with van der Waals surface area (Å²) in [5.41, 5.74) is 12.2. The molecule has 2 N–H and O–H groups in total. The number of Topliss-reactive ketones (excluding diaryl/α,β-unsaturated/α-hetero) is 1. The first kappa shape index (κ1) is 19.5. The van der Waals surface area contributed by atoms with E-state index in [0.29, 0.717) is 11.4 Å². The Morgan fingerprint density at radius 3 is 2.67 bits per heavy atom. The van der Waals surface area contributed by atoms with E-state index in [1.165, 1.54) is 0 Å². The molecule has 0 bridgehead atoms. The standard InChI is InChI=1S/C25H22N3O2/c1-3-18-15-20(6-11-24(18)26)17(2)14-21-12-13-28(27-21)22-7-9-23(10-8-22)30-16-25(29)19-4-5-19/h3-15H,1,16,26H2,2H3/b17-14+. The van der Waals surface area contributed by atoms with Gasteiger partial charge < -0.3 is 10.5 Å². The van der Waals surface area contributed by atoms with E-state index in [1.807, 2.05) is 67.7 Å². The fourth-order valence-electron chi connectivity index (χ4n) is 3.02. The molecule has 0 spiro atoms. The maximum atomic E-state index is 11.7. The van der Waals surface area contributed by atoms with Crippen molar-refractivity contribution in [2.75, 3.05) is 12.3 Å². The number of nitrogen functional groups attached to an aromatic ring is 1. The largest absolute Gasteiger partial charge is 0.485 e. The number of aromatic nitrogens is 2. The number of rotatable bonds is 8. The second kappa shape index (κ2) is 8.25. The smallest absolute Gasteiger partial charge is 0.196 e. The van der Waals surface area contributed by atoms with Gasteiger partial charge in [0.1, 0.15) is 5.75 Å². The average Bonchev–Trinajstić information content (AvgIpc) is 3.52. The van der Waals surface area contributed by atoms with Crippen LogP contribution >= 0.6 is 0 Å². The third-order valence-electron chi connectivity index (χ3n) is 4.86. The van der Waals surface area contributed by atoms with Crippen molar-refractivity contribution >= 4 is 29.2 Å². The lowest BCUT2D eigenvalue weighted by Gasteiger charge is -2.06. The van der Waals surface area contributed by atoms with E-state index in [2.05, 4.69) is 11.7 Å². The highest BCUT2D eigenvalue weighted by molar-refractivity contribution is 6.03. The molecule has 0 unspecified atom stereocenters. The number of nitrogens with two attached hydrogens (primary N) is 1. The van der Waals surface area contributed by atoms with Gasteiger partial charge in [-0.2, -0.15) is 5.10 Å². The molecule has 1 aromatic heterocycles. The first-order valence-electron chi connectivity index (χ1n) is 9.61. The molecular formula is C25H22N3O2. The van der Waals surface area contributed by atoms with Crippen LogP contribution in [0.4, 0.5) is 5.69 Å². The highest BCUT2D eigenvalue weighted by atomic mass is 16.5. The molecule has 1 aliphatic carbocycles. The monoisotopic (exact) mass is 396 g/mol. The molecule has 1 radical (unpaired) electrons. The summed E-state index contributed by atoms with van der Waals surface area (Å²) in [5.74, 6) is 0.650. The molecule has 5 heteroatoms. The van der Waals surface area contributed by atoms with Crippen LogP contribution in [-0.4, -0.2) is 22.2 Å². The summed E-state index contributed by atoms with van der Waals surface area (Å²) in [5, 5.41) is 4.63. The Balaban J connectivity index is 1.45. The number of nitrogens with zero attached hydrogens (tertiary/aromatic N) is 2. The molecule has 30 heavy (non-hydrogen) atoms. The maximum Gasteiger partial charge on any atom is 0.196 e. The fourth-order valence-corrected chi connectivity index (χ4v) is 3.02. The predicted molar refractivity (Wildman–Crippen MR) is 121 cm³/mol. The third kappa shape index (κ3) is 4.41. The van der Waals surface area contributed by atoms with Gasteiger partial charge in [0.25, 0.3) is 0 Å². The van der Waals surface area contributed by atoms with Crippen molar-refractivity contribution in [1.82, 2.24) is 9.78 Å². The van der Waals surface area contributed by atoms with Crippen molar-refractivity contribution in [2.24, 2.45) is 0 Å². The molecule has 3 aromatic rings. The Labute approximate surface area is 175 Å². The van der Waals surface area contributed by atoms with Crippen molar-refractivity contribution in [3.8, 4) is 11.4 Å². The quantitative estimate of drug-likeness (QED) is 0.558. The number of carbonyl (C=O) groups excluding carboxylic acids is 1. The van der Waals surface area contributed by atoms with Crippen LogP contribution in [0.25, 0.3) is 23.4 Å². The molecule has 4 rings (SSSR count). The lowest BCUT2D eigenvalue weighted by Crippen LogP contribution is -2.09. The summed E-state index contributed by atoms with van der Waals surface area (Å²) in [7, 11) is 0. The van der Waals surface area contributed by atoms with Crippen LogP contribution < -0.4 is 10.5 Å². The van der Waals surface area contributed by atoms with Gasteiger partial charge in [0.15, 0.2) is 12.4 Å². The van der Waals surface area contributed by atoms with Crippen LogP contribution in [-0.2, 0) is 4.79 Å². The number of benzene rings is 2. The fraction of sp³-hybridized carbons (Fsp3) is 0.0800. The summed E-state index contributed by atoms with van der Waals surface area (Å²) < 4.78 is 7.33. The van der Waals surface area contributed by atoms with Crippen LogP contribution in [0.15, 0.2) is 73.0 Å². The normalized spacial score (nSPS) is 13.0. The molecular weight excluding hydrogens is 374 g/mol. The van der Waals surface area contributed by atoms with Crippen LogP contribution in [0, 0.1) is 6.42 Å². The van der Waals surface area contributed by atoms with Gasteiger partial charge in [-0.05, 0) is 72.2 Å². The molecule has 0 saturated heterocycles. The summed E-state index contributed by atoms with van der Waals surface area (Å²) in [6.07, 6.45) is 9.26. The molecule has 149 valence electrons. The Hall–Kier alpha value is -3.86. The minimum absolute atomic E-state index is 0.000680. The van der Waals surface area contributed by atoms with Crippen LogP contribution in [0.2, 0.25) is 0 Å². The summed E-state index contributed by atoms with van der Waals surface area (Å²) >= 11 is 0. The third-order valence-corrected chi connectivity index (χ3v) is 4.86. The summed E-state index contributed by atoms with van der Waals surface area (Å²) in [6, 6.07) is 15.3. The van der Waals surface area contributed by atoms with Crippen molar-refractivity contribution in [1.29, 1.82) is 0 Å². The second-order valence-corrected chi connectivity index (χ2v) is 7.05. The molecule has 1 aliphatic rings. The molecule has 0 saturated carbocycles. The van der Waals surface area contributed by atoms with Gasteiger partial charge in [-0.3, -0.25) is 4.79 Å². The van der Waals surface area contributed by atoms with Gasteiger partial charge in [-0.15, -0.1) is 0 Å². The summed E-state index contributed by atoms with van der Waals surface area (Å²) in [6.45, 7) is 5.90. The van der Waals surface area contributed by atoms with Crippen molar-refractivity contribution in [2.45, 2.75) is 6.92 Å². The van der Waals surface area contributed by atoms with Gasteiger partial charge >= 0.3 is 0 Å². The number of hydrogen-bond donors (Lipinski definition) is 1. The lowest BCUT2D eigenvalue weighted by atomic mass is 10.0. The van der Waals surface area contributed by atoms with Gasteiger partial charge in [0.05, 0.1) is 11.4 Å². The topological polar surface area (TPSA) is 70.1 Å². The Morgan fingerprint density at radius 1 is 1.20 bits per heavy atom. The molecule has 0 atom stereocenters. The SMILES string of the molecule is C=Cc1cc(/C(C)=C/c2ccn(-c3ccc(OCC(=O)C4=C[CH]4)cc3)n2)ccc1N. The zero-order valence-electron chi connectivity index (χ0n) is 16.7. The minimum Gasteiger partial charge on any atom is -0.485 e. The van der Waals surface area contributed by atoms with Crippen LogP contribution in [0.1, 0.15) is 23.7 Å². The lowest BCUT2D eigenvalue weighted by molar-refractivity contribution is -0.116. The van der Waals surface area contributed by atoms with E-state index < -0.39 is 0 Å². The van der Waals surface area contributed by atoms with Gasteiger partial charge in [0, 0.05) is 23.9 Å². The molecule has 0 amide bonds. The van der Waals surface area contributed by atoms with Gasteiger partial charge in [-0.1, -0.05) is 24.8 Å². The van der Waals surface area contributed by atoms with E-state index in [-0.39, 0.29) is 12.4 Å². The van der Waals surface area contributed by atoms with Crippen LogP contribution in [0.5, 0.6) is 5.75 Å². The number of ketones is 1. The highest BCUT2D eigenvalue weighted by Gasteiger charge is 2.17. The molecule has 0 fully saturated rings. The molecule has 0 aliphatic heterocycles. The minimum atomic E-state index is -0.000680. The van der Waals surface area contributed by atoms with E-state index >= 15 is 0 Å². The van der Waals surface area contributed by atoms with Crippen molar-refractivity contribution < 1.29 is 9.53 Å². The zero-order chi connectivity index (χ0) is 21.1. The number of ether oxygens (including phenoxy) is 1. The van der Waals surface area contributed by atoms with E-state index in [4.69, 9.17) is 10.5 Å². The second-order valence-electron chi connectivity index (χ2n) is 7.05. The Morgan fingerprint density at radius 2 is 1.97 bits per heavy atom. The van der Waals surface area contributed by atoms with Crippen LogP contribution in [0.3, 0.4) is 0 Å². The van der Waals surface area contributed by atoms with Gasteiger partial charge in [-0.25, -0.2) is 4.68 Å². The molecule has 5 nitrogen and oxygen atoms in total. The van der Waals surface area contributed by atoms with Gasteiger partial charge in [0.2, 0.25) is 0 Å². The highest BCUT2D eigenvalue weighted by Crippen LogP contribution is 2.23. The number of anilines is 1. The van der Waals surface area contributed by atoms with E-state index in [1.54, 1.807) is 23.3 Å². The Kier molecular flexibility index (Phi) is 5.35. The summed E-state index contributed by atoms with van der Waals surface area (Å²) in [4.78, 5) is 11.7. The predicted octanol–water partition coefficient (Wildman–Crippen LogP) is 4.75. The number of allylic oxidation sites excluding steroid dienone is 2. The first-order chi connectivity index (χ1) is 14.5. The zero-order valence-corrected chi connectivity index (χ0v) is 16.7. The average molecular weight is 396 g/mol. The van der Waals surface area contributed by atoms with Crippen molar-refractivity contribution in [3.05, 3.63) is 96.2 Å². The number of hydrogen-bond acceptors (Lipinski definition) is 4. The number of carbonyl (C=O) groups is 1. The van der Waals surface area contributed by atoms with E-state index in [0.717, 1.165) is 33.7 Å². The van der Waals surface area contributed by atoms with E-state index in [9.17, 15) is 4.79 Å². The van der Waals surface area contributed by atoms with Crippen molar-refractivity contribution in [3.63, 3.8) is 0 Å². The first-order valence-corrected chi connectivity index (χ1v) is 9.61. The molecule has 2 aromatic carbocycles. The maximum absolute atomic E-state index is 11.7. The Bertz CT molecular complexity index is 1170. The molecule has 1 heterocycles.